The average Bonchev–Trinajstić information content (AvgIpc) is 2.99. The predicted octanol–water partition coefficient (Wildman–Crippen LogP) is 9.17. The fourth-order valence-corrected chi connectivity index (χ4v) is 5.18. The van der Waals surface area contributed by atoms with Crippen molar-refractivity contribution in [1.29, 1.82) is 0 Å². The SMILES string of the molecule is CCCCCCCCCCCC(=O)Oc1ccc2c(c1)OC(c1ccc(OCc3ccccc3)cc1OC)CC2. The van der Waals surface area contributed by atoms with Gasteiger partial charge < -0.3 is 18.9 Å². The molecule has 1 heterocycles. The van der Waals surface area contributed by atoms with Crippen LogP contribution in [0.25, 0.3) is 0 Å². The van der Waals surface area contributed by atoms with Crippen LogP contribution in [-0.4, -0.2) is 13.1 Å². The molecule has 0 radical (unpaired) electrons. The first-order chi connectivity index (χ1) is 19.7. The van der Waals surface area contributed by atoms with Gasteiger partial charge in [0.15, 0.2) is 0 Å². The second kappa shape index (κ2) is 16.0. The third-order valence-electron chi connectivity index (χ3n) is 7.50. The molecular formula is C35H44O5. The summed E-state index contributed by atoms with van der Waals surface area (Å²) < 4.78 is 23.7. The van der Waals surface area contributed by atoms with Crippen LogP contribution >= 0.6 is 0 Å². The van der Waals surface area contributed by atoms with Crippen molar-refractivity contribution in [2.24, 2.45) is 0 Å². The van der Waals surface area contributed by atoms with Crippen molar-refractivity contribution in [3.05, 3.63) is 83.4 Å². The zero-order valence-corrected chi connectivity index (χ0v) is 24.2. The molecule has 0 bridgehead atoms. The molecule has 5 nitrogen and oxygen atoms in total. The van der Waals surface area contributed by atoms with Gasteiger partial charge in [0.2, 0.25) is 0 Å². The molecule has 1 aliphatic heterocycles. The van der Waals surface area contributed by atoms with E-state index in [9.17, 15) is 4.79 Å². The summed E-state index contributed by atoms with van der Waals surface area (Å²) in [5.74, 6) is 2.61. The molecule has 4 rings (SSSR count). The molecule has 0 aromatic heterocycles. The number of hydrogen-bond donors (Lipinski definition) is 0. The number of ether oxygens (including phenoxy) is 4. The highest BCUT2D eigenvalue weighted by molar-refractivity contribution is 5.72. The van der Waals surface area contributed by atoms with Crippen LogP contribution in [0.2, 0.25) is 0 Å². The van der Waals surface area contributed by atoms with Gasteiger partial charge in [-0.2, -0.15) is 0 Å². The van der Waals surface area contributed by atoms with Gasteiger partial charge in [0.25, 0.3) is 0 Å². The Morgan fingerprint density at radius 3 is 2.33 bits per heavy atom. The number of fused-ring (bicyclic) bond motifs is 1. The van der Waals surface area contributed by atoms with E-state index in [0.29, 0.717) is 18.8 Å². The van der Waals surface area contributed by atoms with E-state index in [1.165, 1.54) is 44.9 Å². The van der Waals surface area contributed by atoms with Crippen molar-refractivity contribution in [2.45, 2.75) is 96.7 Å². The topological polar surface area (TPSA) is 54.0 Å². The molecule has 214 valence electrons. The molecule has 1 atom stereocenters. The maximum atomic E-state index is 12.4. The maximum absolute atomic E-state index is 12.4. The summed E-state index contributed by atoms with van der Waals surface area (Å²) in [5.41, 5.74) is 3.21. The van der Waals surface area contributed by atoms with Crippen molar-refractivity contribution in [3.8, 4) is 23.0 Å². The Labute approximate surface area is 239 Å². The second-order valence-electron chi connectivity index (χ2n) is 10.6. The monoisotopic (exact) mass is 544 g/mol. The van der Waals surface area contributed by atoms with E-state index in [1.807, 2.05) is 66.7 Å². The number of carbonyl (C=O) groups is 1. The van der Waals surface area contributed by atoms with Crippen molar-refractivity contribution >= 4 is 5.97 Å². The number of rotatable bonds is 16. The van der Waals surface area contributed by atoms with Gasteiger partial charge in [-0.3, -0.25) is 4.79 Å². The highest BCUT2D eigenvalue weighted by Gasteiger charge is 2.25. The third kappa shape index (κ3) is 9.04. The van der Waals surface area contributed by atoms with Gasteiger partial charge >= 0.3 is 5.97 Å². The molecule has 1 unspecified atom stereocenters. The van der Waals surface area contributed by atoms with Crippen molar-refractivity contribution in [3.63, 3.8) is 0 Å². The van der Waals surface area contributed by atoms with Crippen molar-refractivity contribution in [2.75, 3.05) is 7.11 Å². The van der Waals surface area contributed by atoms with Gasteiger partial charge in [-0.15, -0.1) is 0 Å². The highest BCUT2D eigenvalue weighted by Crippen LogP contribution is 2.40. The molecular weight excluding hydrogens is 500 g/mol. The van der Waals surface area contributed by atoms with Crippen molar-refractivity contribution in [1.82, 2.24) is 0 Å². The minimum atomic E-state index is -0.178. The summed E-state index contributed by atoms with van der Waals surface area (Å²) in [6.45, 7) is 2.74. The first-order valence-corrected chi connectivity index (χ1v) is 15.0. The molecule has 3 aromatic carbocycles. The highest BCUT2D eigenvalue weighted by atomic mass is 16.5. The number of benzene rings is 3. The zero-order valence-electron chi connectivity index (χ0n) is 24.2. The summed E-state index contributed by atoms with van der Waals surface area (Å²) >= 11 is 0. The summed E-state index contributed by atoms with van der Waals surface area (Å²) in [5, 5.41) is 0. The Kier molecular flexibility index (Phi) is 11.8. The van der Waals surface area contributed by atoms with Crippen LogP contribution in [0, 0.1) is 0 Å². The lowest BCUT2D eigenvalue weighted by atomic mass is 9.96. The van der Waals surface area contributed by atoms with E-state index < -0.39 is 0 Å². The summed E-state index contributed by atoms with van der Waals surface area (Å²) in [6, 6.07) is 21.7. The van der Waals surface area contributed by atoms with E-state index in [0.717, 1.165) is 59.6 Å². The number of aryl methyl sites for hydroxylation is 1. The molecule has 40 heavy (non-hydrogen) atoms. The molecule has 0 fully saturated rings. The van der Waals surface area contributed by atoms with Gasteiger partial charge in [-0.25, -0.2) is 0 Å². The Morgan fingerprint density at radius 1 is 0.850 bits per heavy atom. The minimum absolute atomic E-state index is 0.154. The van der Waals surface area contributed by atoms with Gasteiger partial charge in [-0.1, -0.05) is 94.7 Å². The fraction of sp³-hybridized carbons (Fsp3) is 0.457. The lowest BCUT2D eigenvalue weighted by molar-refractivity contribution is -0.134. The van der Waals surface area contributed by atoms with E-state index >= 15 is 0 Å². The molecule has 0 saturated carbocycles. The van der Waals surface area contributed by atoms with Crippen LogP contribution in [0.3, 0.4) is 0 Å². The molecule has 3 aromatic rings. The molecule has 0 saturated heterocycles. The number of methoxy groups -OCH3 is 1. The smallest absolute Gasteiger partial charge is 0.311 e. The van der Waals surface area contributed by atoms with E-state index in [1.54, 1.807) is 7.11 Å². The third-order valence-corrected chi connectivity index (χ3v) is 7.50. The quantitative estimate of drug-likeness (QED) is 0.102. The molecule has 0 aliphatic carbocycles. The Hall–Kier alpha value is -3.47. The van der Waals surface area contributed by atoms with Crippen molar-refractivity contribution < 1.29 is 23.7 Å². The first-order valence-electron chi connectivity index (χ1n) is 15.0. The van der Waals surface area contributed by atoms with Crippen LogP contribution in [0.15, 0.2) is 66.7 Å². The lowest BCUT2D eigenvalue weighted by Crippen LogP contribution is -2.16. The van der Waals surface area contributed by atoms with Crippen LogP contribution in [0.1, 0.15) is 100 Å². The second-order valence-corrected chi connectivity index (χ2v) is 10.6. The van der Waals surface area contributed by atoms with Gasteiger partial charge in [0.1, 0.15) is 35.7 Å². The maximum Gasteiger partial charge on any atom is 0.311 e. The van der Waals surface area contributed by atoms with E-state index in [4.69, 9.17) is 18.9 Å². The Bertz CT molecular complexity index is 1190. The molecule has 1 aliphatic rings. The van der Waals surface area contributed by atoms with Crippen LogP contribution in [0.4, 0.5) is 0 Å². The Morgan fingerprint density at radius 2 is 1.57 bits per heavy atom. The van der Waals surface area contributed by atoms with Crippen LogP contribution in [0.5, 0.6) is 23.0 Å². The number of esters is 1. The molecule has 0 N–H and O–H groups in total. The van der Waals surface area contributed by atoms with Crippen LogP contribution < -0.4 is 18.9 Å². The normalized spacial score (nSPS) is 14.2. The number of carbonyl (C=O) groups excluding carboxylic acids is 1. The molecule has 0 amide bonds. The van der Waals surface area contributed by atoms with Crippen LogP contribution in [-0.2, 0) is 17.8 Å². The summed E-state index contributed by atoms with van der Waals surface area (Å²) in [7, 11) is 1.67. The molecule has 5 heteroatoms. The van der Waals surface area contributed by atoms with E-state index in [2.05, 4.69) is 6.92 Å². The summed E-state index contributed by atoms with van der Waals surface area (Å²) in [6.07, 6.45) is 13.0. The van der Waals surface area contributed by atoms with Gasteiger partial charge in [-0.05, 0) is 48.6 Å². The van der Waals surface area contributed by atoms with Gasteiger partial charge in [0, 0.05) is 24.1 Å². The lowest BCUT2D eigenvalue weighted by Gasteiger charge is -2.28. The predicted molar refractivity (Wildman–Crippen MR) is 159 cm³/mol. The fourth-order valence-electron chi connectivity index (χ4n) is 5.18. The summed E-state index contributed by atoms with van der Waals surface area (Å²) in [4.78, 5) is 12.4. The largest absolute Gasteiger partial charge is 0.496 e. The zero-order chi connectivity index (χ0) is 28.0. The molecule has 0 spiro atoms. The number of hydrogen-bond acceptors (Lipinski definition) is 5. The standard InChI is InChI=1S/C35H44O5/c1-3-4-5-6-7-8-9-10-14-17-35(36)39-30-20-18-28-19-23-32(40-33(28)25-30)31-22-21-29(24-34(31)37-2)38-26-27-15-12-11-13-16-27/h11-13,15-16,18,20-22,24-25,32H,3-10,14,17,19,23,26H2,1-2H3. The van der Waals surface area contributed by atoms with Gasteiger partial charge in [0.05, 0.1) is 7.11 Å². The van der Waals surface area contributed by atoms with E-state index in [-0.39, 0.29) is 12.1 Å². The first kappa shape index (κ1) is 29.5. The Balaban J connectivity index is 1.26. The average molecular weight is 545 g/mol. The minimum Gasteiger partial charge on any atom is -0.496 e. The number of unbranched alkanes of at least 4 members (excludes halogenated alkanes) is 8.